The number of hydrogen-bond donors (Lipinski definition) is 2. The van der Waals surface area contributed by atoms with Crippen LogP contribution in [0.2, 0.25) is 5.15 Å². The number of nitrogens with one attached hydrogen (secondary N) is 1. The second-order valence-corrected chi connectivity index (χ2v) is 5.86. The number of nitrogens with zero attached hydrogens (tertiary/aromatic N) is 2. The number of aromatic hydroxyl groups is 1. The Hall–Kier alpha value is -2.87. The second kappa shape index (κ2) is 6.45. The number of anilines is 1. The van der Waals surface area contributed by atoms with Crippen LogP contribution in [0, 0.1) is 6.92 Å². The van der Waals surface area contributed by atoms with Gasteiger partial charge in [-0.1, -0.05) is 23.7 Å². The highest BCUT2D eigenvalue weighted by molar-refractivity contribution is 6.34. The van der Waals surface area contributed by atoms with Gasteiger partial charge in [-0.15, -0.1) is 10.2 Å². The number of aromatic nitrogens is 2. The maximum absolute atomic E-state index is 13.0. The van der Waals surface area contributed by atoms with Crippen LogP contribution in [0.15, 0.2) is 36.4 Å². The van der Waals surface area contributed by atoms with E-state index in [-0.39, 0.29) is 27.4 Å². The Morgan fingerprint density at radius 1 is 1.15 bits per heavy atom. The van der Waals surface area contributed by atoms with Crippen molar-refractivity contribution in [3.8, 4) is 5.88 Å². The van der Waals surface area contributed by atoms with Crippen molar-refractivity contribution in [2.24, 2.45) is 0 Å². The summed E-state index contributed by atoms with van der Waals surface area (Å²) in [5, 5.41) is 19.9. The number of halogens is 4. The van der Waals surface area contributed by atoms with Crippen LogP contribution in [0.3, 0.4) is 0 Å². The molecule has 2 N–H and O–H groups in total. The molecule has 3 aromatic rings. The van der Waals surface area contributed by atoms with Crippen LogP contribution in [0.4, 0.5) is 18.9 Å². The molecule has 0 saturated heterocycles. The Kier molecular flexibility index (Phi) is 4.45. The number of alkyl halides is 3. The molecule has 134 valence electrons. The molecule has 0 radical (unpaired) electrons. The second-order valence-electron chi connectivity index (χ2n) is 5.50. The van der Waals surface area contributed by atoms with Gasteiger partial charge in [0.15, 0.2) is 5.15 Å². The fraction of sp³-hybridized carbons (Fsp3) is 0.118. The van der Waals surface area contributed by atoms with Gasteiger partial charge in [-0.2, -0.15) is 13.2 Å². The lowest BCUT2D eigenvalue weighted by Crippen LogP contribution is -2.15. The summed E-state index contributed by atoms with van der Waals surface area (Å²) in [7, 11) is 0. The van der Waals surface area contributed by atoms with Crippen molar-refractivity contribution >= 4 is 34.0 Å². The van der Waals surface area contributed by atoms with Gasteiger partial charge in [0.2, 0.25) is 5.88 Å². The van der Waals surface area contributed by atoms with E-state index in [9.17, 15) is 23.1 Å². The molecule has 0 atom stereocenters. The quantitative estimate of drug-likeness (QED) is 0.682. The molecule has 0 unspecified atom stereocenters. The van der Waals surface area contributed by atoms with Crippen LogP contribution in [-0.4, -0.2) is 21.2 Å². The molecule has 3 rings (SSSR count). The molecule has 0 bridgehead atoms. The smallest absolute Gasteiger partial charge is 0.416 e. The lowest BCUT2D eigenvalue weighted by atomic mass is 10.1. The highest BCUT2D eigenvalue weighted by Gasteiger charge is 2.33. The van der Waals surface area contributed by atoms with E-state index in [4.69, 9.17) is 11.6 Å². The standard InChI is InChI=1S/C17H11ClF3N3O2/c1-8-12(17(19,20)21)3-2-4-13(8)22-15(25)9-5-6-10-11(7-9)16(26)24-23-14(10)18/h2-7H,1H3,(H,22,25)(H,24,26). The maximum atomic E-state index is 13.0. The van der Waals surface area contributed by atoms with Crippen LogP contribution in [-0.2, 0) is 6.18 Å². The van der Waals surface area contributed by atoms with E-state index in [1.807, 2.05) is 0 Å². The topological polar surface area (TPSA) is 75.1 Å². The first kappa shape index (κ1) is 17.9. The minimum atomic E-state index is -4.52. The first-order valence-electron chi connectivity index (χ1n) is 7.31. The number of fused-ring (bicyclic) bond motifs is 1. The molecule has 1 heterocycles. The van der Waals surface area contributed by atoms with Crippen LogP contribution in [0.25, 0.3) is 10.8 Å². The molecule has 0 saturated carbocycles. The number of rotatable bonds is 2. The summed E-state index contributed by atoms with van der Waals surface area (Å²) < 4.78 is 38.9. The third-order valence-electron chi connectivity index (χ3n) is 3.86. The number of hydrogen-bond acceptors (Lipinski definition) is 4. The summed E-state index contributed by atoms with van der Waals surface area (Å²) in [5.41, 5.74) is -0.756. The average Bonchev–Trinajstić information content (AvgIpc) is 2.58. The fourth-order valence-corrected chi connectivity index (χ4v) is 2.72. The van der Waals surface area contributed by atoms with E-state index in [0.29, 0.717) is 5.39 Å². The minimum Gasteiger partial charge on any atom is -0.492 e. The molecular formula is C17H11ClF3N3O2. The van der Waals surface area contributed by atoms with Crippen LogP contribution in [0.1, 0.15) is 21.5 Å². The van der Waals surface area contributed by atoms with Crippen LogP contribution in [0.5, 0.6) is 5.88 Å². The zero-order chi connectivity index (χ0) is 19.1. The van der Waals surface area contributed by atoms with E-state index < -0.39 is 23.5 Å². The van der Waals surface area contributed by atoms with Crippen LogP contribution >= 0.6 is 11.6 Å². The van der Waals surface area contributed by atoms with Crippen LogP contribution < -0.4 is 5.32 Å². The zero-order valence-electron chi connectivity index (χ0n) is 13.2. The molecule has 0 fully saturated rings. The van der Waals surface area contributed by atoms with Crippen molar-refractivity contribution in [3.63, 3.8) is 0 Å². The van der Waals surface area contributed by atoms with Gasteiger partial charge in [0.1, 0.15) is 0 Å². The largest absolute Gasteiger partial charge is 0.492 e. The average molecular weight is 382 g/mol. The number of amides is 1. The molecule has 2 aromatic carbocycles. The van der Waals surface area contributed by atoms with E-state index in [2.05, 4.69) is 15.5 Å². The molecule has 9 heteroatoms. The Labute approximate surface area is 150 Å². The van der Waals surface area contributed by atoms with Crippen molar-refractivity contribution in [2.75, 3.05) is 5.32 Å². The van der Waals surface area contributed by atoms with Gasteiger partial charge < -0.3 is 10.4 Å². The van der Waals surface area contributed by atoms with E-state index in [1.54, 1.807) is 0 Å². The molecule has 0 aliphatic rings. The van der Waals surface area contributed by atoms with Gasteiger partial charge in [0, 0.05) is 22.0 Å². The molecule has 0 aliphatic heterocycles. The van der Waals surface area contributed by atoms with Gasteiger partial charge >= 0.3 is 6.18 Å². The molecule has 5 nitrogen and oxygen atoms in total. The van der Waals surface area contributed by atoms with E-state index >= 15 is 0 Å². The van der Waals surface area contributed by atoms with Crippen molar-refractivity contribution in [1.29, 1.82) is 0 Å². The van der Waals surface area contributed by atoms with Gasteiger partial charge in [0.25, 0.3) is 5.91 Å². The SMILES string of the molecule is Cc1c(NC(=O)c2ccc3c(Cl)nnc(O)c3c2)cccc1C(F)(F)F. The van der Waals surface area contributed by atoms with E-state index in [0.717, 1.165) is 6.07 Å². The summed E-state index contributed by atoms with van der Waals surface area (Å²) in [4.78, 5) is 12.4. The lowest BCUT2D eigenvalue weighted by molar-refractivity contribution is -0.138. The first-order chi connectivity index (χ1) is 12.2. The zero-order valence-corrected chi connectivity index (χ0v) is 14.0. The summed E-state index contributed by atoms with van der Waals surface area (Å²) in [6, 6.07) is 7.77. The normalized spacial score (nSPS) is 11.6. The first-order valence-corrected chi connectivity index (χ1v) is 7.69. The van der Waals surface area contributed by atoms with Crippen molar-refractivity contribution < 1.29 is 23.1 Å². The Morgan fingerprint density at radius 2 is 1.88 bits per heavy atom. The summed E-state index contributed by atoms with van der Waals surface area (Å²) in [6.07, 6.45) is -4.52. The molecule has 26 heavy (non-hydrogen) atoms. The van der Waals surface area contributed by atoms with Crippen molar-refractivity contribution in [1.82, 2.24) is 10.2 Å². The third kappa shape index (κ3) is 3.28. The molecule has 0 spiro atoms. The van der Waals surface area contributed by atoms with Gasteiger partial charge in [-0.05, 0) is 36.8 Å². The molecule has 1 aromatic heterocycles. The number of benzene rings is 2. The Balaban J connectivity index is 1.97. The molecule has 0 aliphatic carbocycles. The lowest BCUT2D eigenvalue weighted by Gasteiger charge is -2.14. The van der Waals surface area contributed by atoms with Gasteiger partial charge in [0.05, 0.1) is 5.56 Å². The van der Waals surface area contributed by atoms with E-state index in [1.165, 1.54) is 37.3 Å². The fourth-order valence-electron chi connectivity index (χ4n) is 2.52. The summed E-state index contributed by atoms with van der Waals surface area (Å²) >= 11 is 5.88. The van der Waals surface area contributed by atoms with Gasteiger partial charge in [-0.3, -0.25) is 4.79 Å². The highest BCUT2D eigenvalue weighted by Crippen LogP contribution is 2.35. The Bertz CT molecular complexity index is 1020. The summed E-state index contributed by atoms with van der Waals surface area (Å²) in [5.74, 6) is -1.05. The predicted molar refractivity (Wildman–Crippen MR) is 90.3 cm³/mol. The molecule has 1 amide bonds. The maximum Gasteiger partial charge on any atom is 0.416 e. The minimum absolute atomic E-state index is 0.0417. The van der Waals surface area contributed by atoms with Crippen molar-refractivity contribution in [2.45, 2.75) is 13.1 Å². The summed E-state index contributed by atoms with van der Waals surface area (Å²) in [6.45, 7) is 1.28. The predicted octanol–water partition coefficient (Wildman–Crippen LogP) is 4.57. The monoisotopic (exact) mass is 381 g/mol. The molecular weight excluding hydrogens is 371 g/mol. The highest BCUT2D eigenvalue weighted by atomic mass is 35.5. The Morgan fingerprint density at radius 3 is 2.58 bits per heavy atom. The number of carbonyl (C=O) groups excluding carboxylic acids is 1. The number of carbonyl (C=O) groups is 1. The van der Waals surface area contributed by atoms with Crippen molar-refractivity contribution in [3.05, 3.63) is 58.2 Å². The van der Waals surface area contributed by atoms with Gasteiger partial charge in [-0.25, -0.2) is 0 Å². The third-order valence-corrected chi connectivity index (χ3v) is 4.14.